The van der Waals surface area contributed by atoms with Gasteiger partial charge in [-0.3, -0.25) is 19.2 Å². The first-order chi connectivity index (χ1) is 12.5. The molecule has 0 amide bonds. The van der Waals surface area contributed by atoms with E-state index < -0.39 is 23.1 Å². The Morgan fingerprint density at radius 2 is 1.77 bits per heavy atom. The van der Waals surface area contributed by atoms with Crippen LogP contribution in [0.15, 0.2) is 45.7 Å². The van der Waals surface area contributed by atoms with Crippen molar-refractivity contribution in [3.63, 3.8) is 0 Å². The van der Waals surface area contributed by atoms with E-state index in [0.29, 0.717) is 11.3 Å². The summed E-state index contributed by atoms with van der Waals surface area (Å²) in [4.78, 5) is 50.2. The molecule has 3 aromatic rings. The van der Waals surface area contributed by atoms with Gasteiger partial charge in [-0.2, -0.15) is 0 Å². The van der Waals surface area contributed by atoms with E-state index in [-0.39, 0.29) is 28.3 Å². The summed E-state index contributed by atoms with van der Waals surface area (Å²) < 4.78 is 10.1. The number of nitrogens with one attached hydrogen (secondary N) is 1. The van der Waals surface area contributed by atoms with Gasteiger partial charge in [-0.1, -0.05) is 5.16 Å². The number of hydrogen-bond acceptors (Lipinski definition) is 7. The SMILES string of the molecule is CC(=O)Oc1ccc(-c2noc3c2C(=O)c2[nH]c(=O)ccc2C3=O)cc1. The van der Waals surface area contributed by atoms with Crippen molar-refractivity contribution in [2.24, 2.45) is 0 Å². The molecule has 0 saturated heterocycles. The molecule has 0 radical (unpaired) electrons. The summed E-state index contributed by atoms with van der Waals surface area (Å²) in [6, 6.07) is 8.67. The monoisotopic (exact) mass is 350 g/mol. The average molecular weight is 350 g/mol. The smallest absolute Gasteiger partial charge is 0.308 e. The zero-order chi connectivity index (χ0) is 18.4. The average Bonchev–Trinajstić information content (AvgIpc) is 3.05. The van der Waals surface area contributed by atoms with Gasteiger partial charge in [0, 0.05) is 18.6 Å². The van der Waals surface area contributed by atoms with Gasteiger partial charge in [0.1, 0.15) is 22.7 Å². The van der Waals surface area contributed by atoms with Crippen molar-refractivity contribution < 1.29 is 23.6 Å². The van der Waals surface area contributed by atoms with E-state index in [1.165, 1.54) is 31.2 Å². The van der Waals surface area contributed by atoms with E-state index >= 15 is 0 Å². The first-order valence-corrected chi connectivity index (χ1v) is 7.57. The molecule has 2 heterocycles. The highest BCUT2D eigenvalue weighted by molar-refractivity contribution is 6.28. The summed E-state index contributed by atoms with van der Waals surface area (Å²) in [5.41, 5.74) is 0.143. The second-order valence-corrected chi connectivity index (χ2v) is 5.62. The summed E-state index contributed by atoms with van der Waals surface area (Å²) in [6.07, 6.45) is 0. The van der Waals surface area contributed by atoms with Gasteiger partial charge >= 0.3 is 5.97 Å². The number of aromatic nitrogens is 2. The zero-order valence-electron chi connectivity index (χ0n) is 13.4. The molecule has 26 heavy (non-hydrogen) atoms. The lowest BCUT2D eigenvalue weighted by Gasteiger charge is -2.12. The molecule has 1 aromatic carbocycles. The molecule has 8 heteroatoms. The quantitative estimate of drug-likeness (QED) is 0.432. The number of nitrogens with zero attached hydrogens (tertiary/aromatic N) is 1. The Bertz CT molecular complexity index is 1140. The van der Waals surface area contributed by atoms with Crippen molar-refractivity contribution in [3.05, 3.63) is 69.3 Å². The van der Waals surface area contributed by atoms with E-state index in [0.717, 1.165) is 0 Å². The first-order valence-electron chi connectivity index (χ1n) is 7.57. The van der Waals surface area contributed by atoms with Crippen molar-refractivity contribution >= 4 is 17.5 Å². The molecule has 2 aromatic heterocycles. The van der Waals surface area contributed by atoms with E-state index in [2.05, 4.69) is 10.1 Å². The third-order valence-corrected chi connectivity index (χ3v) is 3.91. The zero-order valence-corrected chi connectivity index (χ0v) is 13.4. The maximum absolute atomic E-state index is 12.8. The molecule has 0 unspecified atom stereocenters. The molecule has 4 rings (SSSR count). The molecule has 0 saturated carbocycles. The van der Waals surface area contributed by atoms with Crippen LogP contribution in [0.2, 0.25) is 0 Å². The van der Waals surface area contributed by atoms with Crippen LogP contribution in [-0.4, -0.2) is 27.7 Å². The summed E-state index contributed by atoms with van der Waals surface area (Å²) >= 11 is 0. The number of H-pyrrole nitrogens is 1. The molecule has 0 aliphatic heterocycles. The number of ketones is 2. The number of pyridine rings is 1. The highest BCUT2D eigenvalue weighted by Gasteiger charge is 2.37. The first kappa shape index (κ1) is 15.7. The number of aromatic amines is 1. The van der Waals surface area contributed by atoms with Gasteiger partial charge in [-0.25, -0.2) is 0 Å². The molecule has 8 nitrogen and oxygen atoms in total. The second kappa shape index (κ2) is 5.62. The lowest BCUT2D eigenvalue weighted by molar-refractivity contribution is -0.131. The Morgan fingerprint density at radius 3 is 2.46 bits per heavy atom. The molecule has 1 aliphatic rings. The lowest BCUT2D eigenvalue weighted by atomic mass is 9.89. The highest BCUT2D eigenvalue weighted by atomic mass is 16.5. The number of fused-ring (bicyclic) bond motifs is 2. The van der Waals surface area contributed by atoms with Crippen LogP contribution in [-0.2, 0) is 4.79 Å². The highest BCUT2D eigenvalue weighted by Crippen LogP contribution is 2.33. The molecule has 128 valence electrons. The van der Waals surface area contributed by atoms with Crippen molar-refractivity contribution in [1.29, 1.82) is 0 Å². The topological polar surface area (TPSA) is 119 Å². The molecular formula is C18H10N2O6. The summed E-state index contributed by atoms with van der Waals surface area (Å²) in [7, 11) is 0. The number of ether oxygens (including phenoxy) is 1. The molecule has 0 bridgehead atoms. The molecule has 1 N–H and O–H groups in total. The van der Waals surface area contributed by atoms with E-state index in [4.69, 9.17) is 9.26 Å². The van der Waals surface area contributed by atoms with Gasteiger partial charge in [0.25, 0.3) is 0 Å². The number of esters is 1. The van der Waals surface area contributed by atoms with Gasteiger partial charge in [-0.15, -0.1) is 0 Å². The molecule has 0 atom stereocenters. The second-order valence-electron chi connectivity index (χ2n) is 5.62. The fourth-order valence-electron chi connectivity index (χ4n) is 2.79. The molecule has 1 aliphatic carbocycles. The van der Waals surface area contributed by atoms with Crippen LogP contribution < -0.4 is 10.3 Å². The number of carbonyl (C=O) groups excluding carboxylic acids is 3. The maximum atomic E-state index is 12.8. The van der Waals surface area contributed by atoms with Crippen LogP contribution in [0.5, 0.6) is 5.75 Å². The van der Waals surface area contributed by atoms with Gasteiger partial charge in [-0.05, 0) is 30.3 Å². The van der Waals surface area contributed by atoms with Gasteiger partial charge in [0.2, 0.25) is 22.9 Å². The number of benzene rings is 1. The minimum Gasteiger partial charge on any atom is -0.427 e. The van der Waals surface area contributed by atoms with Crippen molar-refractivity contribution in [1.82, 2.24) is 10.1 Å². The molecular weight excluding hydrogens is 340 g/mol. The van der Waals surface area contributed by atoms with Crippen LogP contribution >= 0.6 is 0 Å². The van der Waals surface area contributed by atoms with E-state index in [1.807, 2.05) is 0 Å². The normalized spacial score (nSPS) is 12.5. The van der Waals surface area contributed by atoms with Gasteiger partial charge in [0.15, 0.2) is 0 Å². The number of rotatable bonds is 2. The van der Waals surface area contributed by atoms with Crippen LogP contribution in [0.4, 0.5) is 0 Å². The summed E-state index contributed by atoms with van der Waals surface area (Å²) in [5, 5.41) is 3.85. The van der Waals surface area contributed by atoms with Crippen LogP contribution in [0.3, 0.4) is 0 Å². The summed E-state index contributed by atoms with van der Waals surface area (Å²) in [5.74, 6) is -1.38. The summed E-state index contributed by atoms with van der Waals surface area (Å²) in [6.45, 7) is 1.28. The minimum atomic E-state index is -0.549. The third-order valence-electron chi connectivity index (χ3n) is 3.91. The van der Waals surface area contributed by atoms with Crippen molar-refractivity contribution in [2.75, 3.05) is 0 Å². The third kappa shape index (κ3) is 2.35. The standard InChI is InChI=1S/C18H10N2O6/c1-8(21)25-10-4-2-9(3-5-10)14-13-17(24)15-11(6-7-12(22)19-15)16(23)18(13)26-20-14/h2-7H,1H3,(H,19,22). The predicted molar refractivity (Wildman–Crippen MR) is 87.2 cm³/mol. The van der Waals surface area contributed by atoms with Crippen LogP contribution in [0.25, 0.3) is 11.3 Å². The van der Waals surface area contributed by atoms with Gasteiger partial charge in [0.05, 0.1) is 5.56 Å². The largest absolute Gasteiger partial charge is 0.427 e. The number of hydrogen-bond donors (Lipinski definition) is 1. The Balaban J connectivity index is 1.82. The van der Waals surface area contributed by atoms with Crippen LogP contribution in [0, 0.1) is 0 Å². The minimum absolute atomic E-state index is 0.00964. The lowest BCUT2D eigenvalue weighted by Crippen LogP contribution is -2.24. The Labute approximate surface area is 145 Å². The molecule has 0 fully saturated rings. The predicted octanol–water partition coefficient (Wildman–Crippen LogP) is 1.73. The van der Waals surface area contributed by atoms with Gasteiger partial charge < -0.3 is 14.2 Å². The Hall–Kier alpha value is -3.81. The Kier molecular flexibility index (Phi) is 3.40. The van der Waals surface area contributed by atoms with Crippen LogP contribution in [0.1, 0.15) is 39.1 Å². The fraction of sp³-hybridized carbons (Fsp3) is 0.0556. The molecule has 0 spiro atoms. The van der Waals surface area contributed by atoms with Crippen molar-refractivity contribution in [3.8, 4) is 17.0 Å². The maximum Gasteiger partial charge on any atom is 0.308 e. The Morgan fingerprint density at radius 1 is 1.04 bits per heavy atom. The van der Waals surface area contributed by atoms with E-state index in [1.54, 1.807) is 12.1 Å². The van der Waals surface area contributed by atoms with E-state index in [9.17, 15) is 19.2 Å². The van der Waals surface area contributed by atoms with Crippen molar-refractivity contribution in [2.45, 2.75) is 6.92 Å². The fourth-order valence-corrected chi connectivity index (χ4v) is 2.79. The number of carbonyl (C=O) groups is 3.